The number of rotatable bonds is 3. The zero-order valence-corrected chi connectivity index (χ0v) is 14.6. The molecule has 1 N–H and O–H groups in total. The largest absolute Gasteiger partial charge is 0.507 e. The van der Waals surface area contributed by atoms with Gasteiger partial charge in [0, 0.05) is 35.3 Å². The summed E-state index contributed by atoms with van der Waals surface area (Å²) in [5.41, 5.74) is 3.43. The highest BCUT2D eigenvalue weighted by Crippen LogP contribution is 2.34. The minimum absolute atomic E-state index is 0.234. The summed E-state index contributed by atoms with van der Waals surface area (Å²) in [5, 5.41) is 21.4. The van der Waals surface area contributed by atoms with Crippen molar-refractivity contribution < 1.29 is 5.11 Å². The molecule has 1 aromatic carbocycles. The van der Waals surface area contributed by atoms with E-state index < -0.39 is 0 Å². The Balaban J connectivity index is 1.79. The topological polar surface area (TPSA) is 62.1 Å². The Labute approximate surface area is 147 Å². The van der Waals surface area contributed by atoms with Crippen LogP contribution in [0.4, 0.5) is 0 Å². The van der Waals surface area contributed by atoms with Crippen molar-refractivity contribution in [3.63, 3.8) is 0 Å². The second-order valence-corrected chi connectivity index (χ2v) is 7.06. The van der Waals surface area contributed by atoms with E-state index in [-0.39, 0.29) is 5.75 Å². The molecule has 1 saturated heterocycles. The van der Waals surface area contributed by atoms with Gasteiger partial charge in [0.2, 0.25) is 0 Å². The predicted octanol–water partition coefficient (Wildman–Crippen LogP) is 3.20. The number of phenols is 1. The Bertz CT molecular complexity index is 925. The molecule has 1 fully saturated rings. The Morgan fingerprint density at radius 1 is 1.20 bits per heavy atom. The lowest BCUT2D eigenvalue weighted by Crippen LogP contribution is -2.15. The Morgan fingerprint density at radius 2 is 2.08 bits per heavy atom. The number of benzene rings is 1. The fourth-order valence-corrected chi connectivity index (χ4v) is 3.71. The molecular formula is C20H22N4O. The van der Waals surface area contributed by atoms with E-state index in [0.717, 1.165) is 41.5 Å². The Kier molecular flexibility index (Phi) is 4.09. The van der Waals surface area contributed by atoms with Crippen LogP contribution in [0.15, 0.2) is 36.7 Å². The van der Waals surface area contributed by atoms with Crippen LogP contribution in [0.3, 0.4) is 0 Å². The number of hydrogen-bond donors (Lipinski definition) is 1. The second-order valence-electron chi connectivity index (χ2n) is 7.06. The van der Waals surface area contributed by atoms with Gasteiger partial charge in [0.1, 0.15) is 11.4 Å². The lowest BCUT2D eigenvalue weighted by atomic mass is 9.97. The van der Waals surface area contributed by atoms with Gasteiger partial charge in [-0.3, -0.25) is 4.98 Å². The average Bonchev–Trinajstić information content (AvgIpc) is 3.01. The van der Waals surface area contributed by atoms with E-state index in [9.17, 15) is 5.11 Å². The van der Waals surface area contributed by atoms with Gasteiger partial charge in [-0.05, 0) is 63.0 Å². The molecule has 0 aliphatic carbocycles. The van der Waals surface area contributed by atoms with Crippen LogP contribution in [-0.2, 0) is 6.42 Å². The third-order valence-corrected chi connectivity index (χ3v) is 5.04. The van der Waals surface area contributed by atoms with E-state index in [1.165, 1.54) is 6.42 Å². The predicted molar refractivity (Wildman–Crippen MR) is 98.5 cm³/mol. The molecule has 0 spiro atoms. The van der Waals surface area contributed by atoms with Crippen molar-refractivity contribution in [2.75, 3.05) is 20.1 Å². The number of likely N-dealkylation sites (tertiary alicyclic amines) is 1. The first kappa shape index (κ1) is 16.0. The van der Waals surface area contributed by atoms with Crippen molar-refractivity contribution in [1.29, 1.82) is 0 Å². The van der Waals surface area contributed by atoms with Crippen LogP contribution >= 0.6 is 0 Å². The fourth-order valence-electron chi connectivity index (χ4n) is 3.71. The first-order valence-corrected chi connectivity index (χ1v) is 8.69. The van der Waals surface area contributed by atoms with Crippen molar-refractivity contribution in [3.05, 3.63) is 47.9 Å². The number of pyridine rings is 1. The summed E-state index contributed by atoms with van der Waals surface area (Å²) < 4.78 is 0. The SMILES string of the molecule is Cc1ccc(-c2nnc(C[C@H]3CCN(C)C3)c3cnccc23)c(O)c1. The highest BCUT2D eigenvalue weighted by molar-refractivity contribution is 5.96. The summed E-state index contributed by atoms with van der Waals surface area (Å²) >= 11 is 0. The Hall–Kier alpha value is -2.53. The quantitative estimate of drug-likeness (QED) is 0.797. The number of aryl methyl sites for hydroxylation is 1. The van der Waals surface area contributed by atoms with Gasteiger partial charge in [0.15, 0.2) is 0 Å². The minimum Gasteiger partial charge on any atom is -0.507 e. The minimum atomic E-state index is 0.234. The lowest BCUT2D eigenvalue weighted by Gasteiger charge is -2.13. The third kappa shape index (κ3) is 3.07. The van der Waals surface area contributed by atoms with Gasteiger partial charge in [-0.15, -0.1) is 5.10 Å². The van der Waals surface area contributed by atoms with Gasteiger partial charge >= 0.3 is 0 Å². The van der Waals surface area contributed by atoms with Gasteiger partial charge in [-0.1, -0.05) is 6.07 Å². The van der Waals surface area contributed by atoms with Gasteiger partial charge < -0.3 is 10.0 Å². The maximum atomic E-state index is 10.3. The smallest absolute Gasteiger partial charge is 0.125 e. The summed E-state index contributed by atoms with van der Waals surface area (Å²) in [6.07, 6.45) is 5.75. The van der Waals surface area contributed by atoms with Crippen molar-refractivity contribution in [2.45, 2.75) is 19.8 Å². The standard InChI is InChI=1S/C20H22N4O/c1-13-3-4-16(19(25)9-13)20-15-5-7-21-11-17(15)18(22-23-20)10-14-6-8-24(2)12-14/h3-5,7,9,11,14,25H,6,8,10,12H2,1-2H3/t14-/m1/s1. The molecule has 1 atom stereocenters. The fraction of sp³-hybridized carbons (Fsp3) is 0.350. The molecule has 3 heterocycles. The van der Waals surface area contributed by atoms with Crippen molar-refractivity contribution >= 4 is 10.8 Å². The summed E-state index contributed by atoms with van der Waals surface area (Å²) in [6, 6.07) is 7.60. The zero-order chi connectivity index (χ0) is 17.4. The number of nitrogens with zero attached hydrogens (tertiary/aromatic N) is 4. The van der Waals surface area contributed by atoms with E-state index >= 15 is 0 Å². The molecule has 4 rings (SSSR count). The van der Waals surface area contributed by atoms with E-state index in [2.05, 4.69) is 27.1 Å². The van der Waals surface area contributed by atoms with Crippen molar-refractivity contribution in [3.8, 4) is 17.0 Å². The molecule has 3 aromatic rings. The first-order valence-electron chi connectivity index (χ1n) is 8.69. The third-order valence-electron chi connectivity index (χ3n) is 5.04. The molecule has 0 bridgehead atoms. The van der Waals surface area contributed by atoms with Crippen LogP contribution < -0.4 is 0 Å². The van der Waals surface area contributed by atoms with Crippen LogP contribution in [0, 0.1) is 12.8 Å². The molecule has 0 amide bonds. The molecule has 1 aliphatic heterocycles. The number of hydrogen-bond acceptors (Lipinski definition) is 5. The maximum absolute atomic E-state index is 10.3. The van der Waals surface area contributed by atoms with Gasteiger partial charge in [0.05, 0.1) is 5.69 Å². The number of aromatic hydroxyl groups is 1. The molecule has 1 aliphatic rings. The number of phenolic OH excluding ortho intramolecular Hbond substituents is 1. The zero-order valence-electron chi connectivity index (χ0n) is 14.6. The molecule has 25 heavy (non-hydrogen) atoms. The Morgan fingerprint density at radius 3 is 2.84 bits per heavy atom. The summed E-state index contributed by atoms with van der Waals surface area (Å²) in [4.78, 5) is 6.65. The van der Waals surface area contributed by atoms with E-state index in [1.807, 2.05) is 31.3 Å². The monoisotopic (exact) mass is 334 g/mol. The first-order chi connectivity index (χ1) is 12.1. The lowest BCUT2D eigenvalue weighted by molar-refractivity contribution is 0.393. The van der Waals surface area contributed by atoms with Crippen LogP contribution in [-0.4, -0.2) is 45.3 Å². The molecule has 5 heteroatoms. The average molecular weight is 334 g/mol. The van der Waals surface area contributed by atoms with Crippen LogP contribution in [0.25, 0.3) is 22.0 Å². The molecule has 5 nitrogen and oxygen atoms in total. The molecule has 2 aromatic heterocycles. The van der Waals surface area contributed by atoms with Gasteiger partial charge in [-0.2, -0.15) is 5.10 Å². The van der Waals surface area contributed by atoms with Crippen molar-refractivity contribution in [2.24, 2.45) is 5.92 Å². The van der Waals surface area contributed by atoms with Crippen LogP contribution in [0.1, 0.15) is 17.7 Å². The van der Waals surface area contributed by atoms with E-state index in [0.29, 0.717) is 17.2 Å². The highest BCUT2D eigenvalue weighted by atomic mass is 16.3. The van der Waals surface area contributed by atoms with Crippen LogP contribution in [0.5, 0.6) is 5.75 Å². The van der Waals surface area contributed by atoms with E-state index in [1.54, 1.807) is 12.3 Å². The van der Waals surface area contributed by atoms with E-state index in [4.69, 9.17) is 0 Å². The molecule has 0 radical (unpaired) electrons. The summed E-state index contributed by atoms with van der Waals surface area (Å²) in [5.74, 6) is 0.846. The molecule has 0 unspecified atom stereocenters. The van der Waals surface area contributed by atoms with Gasteiger partial charge in [-0.25, -0.2) is 0 Å². The van der Waals surface area contributed by atoms with Crippen molar-refractivity contribution in [1.82, 2.24) is 20.1 Å². The molecular weight excluding hydrogens is 312 g/mol. The molecule has 0 saturated carbocycles. The summed E-state index contributed by atoms with van der Waals surface area (Å²) in [7, 11) is 2.16. The normalized spacial score (nSPS) is 18.1. The van der Waals surface area contributed by atoms with Gasteiger partial charge in [0.25, 0.3) is 0 Å². The number of aromatic nitrogens is 3. The highest BCUT2D eigenvalue weighted by Gasteiger charge is 2.22. The number of fused-ring (bicyclic) bond motifs is 1. The molecule has 128 valence electrons. The van der Waals surface area contributed by atoms with Crippen LogP contribution in [0.2, 0.25) is 0 Å². The summed E-state index contributed by atoms with van der Waals surface area (Å²) in [6.45, 7) is 4.20. The maximum Gasteiger partial charge on any atom is 0.125 e. The second kappa shape index (κ2) is 6.41.